The summed E-state index contributed by atoms with van der Waals surface area (Å²) >= 11 is 6.00. The summed E-state index contributed by atoms with van der Waals surface area (Å²) in [5.74, 6) is 0.732. The number of hydrogen-bond donors (Lipinski definition) is 1. The van der Waals surface area contributed by atoms with E-state index >= 15 is 0 Å². The molecule has 1 unspecified atom stereocenters. The fourth-order valence-corrected chi connectivity index (χ4v) is 3.34. The molecule has 1 amide bonds. The van der Waals surface area contributed by atoms with Crippen LogP contribution in [0.2, 0.25) is 5.02 Å². The van der Waals surface area contributed by atoms with E-state index in [-0.39, 0.29) is 11.8 Å². The third-order valence-corrected chi connectivity index (χ3v) is 5.39. The number of nitrogens with one attached hydrogen (secondary N) is 1. The minimum atomic E-state index is -0.117. The van der Waals surface area contributed by atoms with Gasteiger partial charge in [0.05, 0.1) is 17.7 Å². The van der Waals surface area contributed by atoms with Crippen molar-refractivity contribution < 1.29 is 9.18 Å². The van der Waals surface area contributed by atoms with Gasteiger partial charge < -0.3 is 15.1 Å². The van der Waals surface area contributed by atoms with Crippen molar-refractivity contribution in [2.75, 3.05) is 36.9 Å². The zero-order valence-corrected chi connectivity index (χ0v) is 19.6. The average molecular weight is 460 g/mol. The van der Waals surface area contributed by atoms with Gasteiger partial charge >= 0.3 is 0 Å². The first-order valence-electron chi connectivity index (χ1n) is 10.6. The van der Waals surface area contributed by atoms with Crippen LogP contribution in [0.25, 0.3) is 0 Å². The summed E-state index contributed by atoms with van der Waals surface area (Å²) in [6, 6.07) is 9.40. The first kappa shape index (κ1) is 25.3. The van der Waals surface area contributed by atoms with E-state index < -0.39 is 0 Å². The first-order chi connectivity index (χ1) is 15.4. The van der Waals surface area contributed by atoms with Gasteiger partial charge in [0, 0.05) is 50.9 Å². The smallest absolute Gasteiger partial charge is 0.223 e. The number of pyridine rings is 1. The second-order valence-corrected chi connectivity index (χ2v) is 8.03. The molecule has 0 bridgehead atoms. The summed E-state index contributed by atoms with van der Waals surface area (Å²) in [5.41, 5.74) is 2.57. The zero-order valence-electron chi connectivity index (χ0n) is 18.9. The number of nitrogens with zero attached hydrogens (tertiary/aromatic N) is 4. The van der Waals surface area contributed by atoms with E-state index in [2.05, 4.69) is 22.0 Å². The molecule has 2 rings (SSSR count). The van der Waals surface area contributed by atoms with E-state index in [1.807, 2.05) is 50.2 Å². The number of rotatable bonds is 12. The maximum atomic E-state index is 12.4. The van der Waals surface area contributed by atoms with Crippen LogP contribution in [-0.4, -0.2) is 49.2 Å². The fourth-order valence-electron chi connectivity index (χ4n) is 3.17. The molecule has 1 N–H and O–H groups in total. The number of likely N-dealkylation sites (N-methyl/N-ethyl adjacent to an activating group) is 2. The third-order valence-electron chi connectivity index (χ3n) is 5.15. The Kier molecular flexibility index (Phi) is 10.1. The normalized spacial score (nSPS) is 11.9. The van der Waals surface area contributed by atoms with Crippen molar-refractivity contribution in [3.05, 3.63) is 59.5 Å². The molecule has 0 saturated carbocycles. The van der Waals surface area contributed by atoms with Crippen molar-refractivity contribution in [1.82, 2.24) is 9.88 Å². The molecule has 0 aliphatic heterocycles. The van der Waals surface area contributed by atoms with Gasteiger partial charge in [0.2, 0.25) is 5.91 Å². The standard InChI is InChI=1S/C24H31ClFN5O/c1-5-31(24(32)14-18(2)10-11-26)13-12-30(4)23-9-6-19(17-29-23)16-28-21-8-7-20(25)15-22(21)27-3/h6-11,15,17-18,28H,3,5,12-14,16H2,1-2,4H3/b11-10+. The van der Waals surface area contributed by atoms with Gasteiger partial charge in [-0.05, 0) is 49.4 Å². The number of aromatic nitrogens is 1. The summed E-state index contributed by atoms with van der Waals surface area (Å²) in [7, 11) is 1.95. The van der Waals surface area contributed by atoms with Gasteiger partial charge in [0.15, 0.2) is 0 Å². The lowest BCUT2D eigenvalue weighted by Crippen LogP contribution is -2.38. The summed E-state index contributed by atoms with van der Waals surface area (Å²) in [5, 5.41) is 3.94. The highest BCUT2D eigenvalue weighted by Gasteiger charge is 2.15. The van der Waals surface area contributed by atoms with Crippen LogP contribution in [0, 0.1) is 5.92 Å². The number of allylic oxidation sites excluding steroid dienone is 1. The molecule has 8 heteroatoms. The molecule has 6 nitrogen and oxygen atoms in total. The Hall–Kier alpha value is -2.93. The van der Waals surface area contributed by atoms with Crippen molar-refractivity contribution in [1.29, 1.82) is 0 Å². The van der Waals surface area contributed by atoms with Crippen molar-refractivity contribution >= 4 is 41.4 Å². The highest BCUT2D eigenvalue weighted by molar-refractivity contribution is 6.31. The van der Waals surface area contributed by atoms with Crippen LogP contribution in [0.1, 0.15) is 25.8 Å². The predicted molar refractivity (Wildman–Crippen MR) is 132 cm³/mol. The monoisotopic (exact) mass is 459 g/mol. The highest BCUT2D eigenvalue weighted by Crippen LogP contribution is 2.28. The maximum Gasteiger partial charge on any atom is 0.223 e. The molecule has 172 valence electrons. The lowest BCUT2D eigenvalue weighted by molar-refractivity contribution is -0.131. The fraction of sp³-hybridized carbons (Fsp3) is 0.375. The number of amides is 1. The molecule has 0 radical (unpaired) electrons. The van der Waals surface area contributed by atoms with E-state index in [4.69, 9.17) is 11.6 Å². The molecular weight excluding hydrogens is 429 g/mol. The molecule has 2 aromatic rings. The number of hydrogen-bond acceptors (Lipinski definition) is 5. The lowest BCUT2D eigenvalue weighted by atomic mass is 10.1. The van der Waals surface area contributed by atoms with Gasteiger partial charge in [-0.1, -0.05) is 30.7 Å². The highest BCUT2D eigenvalue weighted by atomic mass is 35.5. The summed E-state index contributed by atoms with van der Waals surface area (Å²) < 4.78 is 12.3. The Bertz CT molecular complexity index is 919. The summed E-state index contributed by atoms with van der Waals surface area (Å²) in [4.78, 5) is 24.8. The Balaban J connectivity index is 1.89. The number of aliphatic imine (C=N–C) groups is 1. The van der Waals surface area contributed by atoms with Gasteiger partial charge in [-0.25, -0.2) is 9.37 Å². The van der Waals surface area contributed by atoms with E-state index in [9.17, 15) is 9.18 Å². The van der Waals surface area contributed by atoms with Gasteiger partial charge in [-0.2, -0.15) is 0 Å². The Labute approximate surface area is 194 Å². The minimum Gasteiger partial charge on any atom is -0.379 e. The van der Waals surface area contributed by atoms with Crippen LogP contribution in [0.4, 0.5) is 21.6 Å². The molecular formula is C24H31ClFN5O. The van der Waals surface area contributed by atoms with Crippen LogP contribution >= 0.6 is 11.6 Å². The number of benzene rings is 1. The van der Waals surface area contributed by atoms with Crippen LogP contribution in [0.5, 0.6) is 0 Å². The molecule has 1 heterocycles. The topological polar surface area (TPSA) is 60.8 Å². The number of halogens is 2. The van der Waals surface area contributed by atoms with E-state index in [1.165, 1.54) is 6.08 Å². The molecule has 0 saturated heterocycles. The molecule has 0 aliphatic rings. The SMILES string of the molecule is C=Nc1cc(Cl)ccc1NCc1ccc(N(C)CCN(CC)C(=O)CC(C)/C=C/F)nc1. The third kappa shape index (κ3) is 7.64. The maximum absolute atomic E-state index is 12.4. The van der Waals surface area contributed by atoms with E-state index in [0.717, 1.165) is 17.1 Å². The number of anilines is 2. The predicted octanol–water partition coefficient (Wildman–Crippen LogP) is 5.47. The molecule has 0 fully saturated rings. The molecule has 1 atom stereocenters. The van der Waals surface area contributed by atoms with Crippen molar-refractivity contribution in [2.24, 2.45) is 10.9 Å². The quantitative estimate of drug-likeness (QED) is 0.427. The largest absolute Gasteiger partial charge is 0.379 e. The van der Waals surface area contributed by atoms with Crippen LogP contribution in [-0.2, 0) is 11.3 Å². The summed E-state index contributed by atoms with van der Waals surface area (Å²) in [6.45, 7) is 9.79. The zero-order chi connectivity index (χ0) is 23.5. The van der Waals surface area contributed by atoms with Crippen LogP contribution in [0.3, 0.4) is 0 Å². The molecule has 1 aromatic carbocycles. The second kappa shape index (κ2) is 12.8. The second-order valence-electron chi connectivity index (χ2n) is 7.59. The average Bonchev–Trinajstić information content (AvgIpc) is 2.78. The van der Waals surface area contributed by atoms with E-state index in [1.54, 1.807) is 17.0 Å². The molecule has 32 heavy (non-hydrogen) atoms. The van der Waals surface area contributed by atoms with Crippen molar-refractivity contribution in [2.45, 2.75) is 26.8 Å². The molecule has 0 spiro atoms. The van der Waals surface area contributed by atoms with Gasteiger partial charge in [0.1, 0.15) is 5.82 Å². The summed E-state index contributed by atoms with van der Waals surface area (Å²) in [6.07, 6.45) is 4.02. The number of carbonyl (C=O) groups excluding carboxylic acids is 1. The number of carbonyl (C=O) groups is 1. The van der Waals surface area contributed by atoms with E-state index in [0.29, 0.717) is 49.6 Å². The molecule has 1 aromatic heterocycles. The first-order valence-corrected chi connectivity index (χ1v) is 11.0. The van der Waals surface area contributed by atoms with Crippen molar-refractivity contribution in [3.8, 4) is 0 Å². The molecule has 0 aliphatic carbocycles. The Morgan fingerprint density at radius 3 is 2.75 bits per heavy atom. The van der Waals surface area contributed by atoms with Crippen LogP contribution < -0.4 is 10.2 Å². The van der Waals surface area contributed by atoms with Gasteiger partial charge in [-0.15, -0.1) is 0 Å². The minimum absolute atomic E-state index is 0.0245. The lowest BCUT2D eigenvalue weighted by Gasteiger charge is -2.26. The van der Waals surface area contributed by atoms with Gasteiger partial charge in [-0.3, -0.25) is 9.79 Å². The van der Waals surface area contributed by atoms with Crippen molar-refractivity contribution in [3.63, 3.8) is 0 Å². The van der Waals surface area contributed by atoms with Gasteiger partial charge in [0.25, 0.3) is 0 Å². The Morgan fingerprint density at radius 2 is 2.12 bits per heavy atom. The van der Waals surface area contributed by atoms with Crippen LogP contribution in [0.15, 0.2) is 53.9 Å². The Morgan fingerprint density at radius 1 is 1.34 bits per heavy atom.